The van der Waals surface area contributed by atoms with Crippen LogP contribution in [-0.2, 0) is 4.74 Å². The average molecular weight is 246 g/mol. The Morgan fingerprint density at radius 3 is 2.88 bits per heavy atom. The standard InChI is InChI=1S/C10H12F2N2O3/c1-2-5-3-6(11)9(17-5)14-4-7(12)8(15)13-10(14)16/h4-6,9H,2-3H2,1H3,(H,13,15,16). The predicted octanol–water partition coefficient (Wildman–Crippen LogP) is 0.711. The second-order valence-corrected chi connectivity index (χ2v) is 3.95. The van der Waals surface area contributed by atoms with Gasteiger partial charge >= 0.3 is 5.69 Å². The number of ether oxygens (including phenoxy) is 1. The molecular formula is C10H12F2N2O3. The Hall–Kier alpha value is -1.50. The highest BCUT2D eigenvalue weighted by Crippen LogP contribution is 2.31. The number of rotatable bonds is 2. The second kappa shape index (κ2) is 4.40. The predicted molar refractivity (Wildman–Crippen MR) is 55.0 cm³/mol. The third-order valence-corrected chi connectivity index (χ3v) is 2.78. The summed E-state index contributed by atoms with van der Waals surface area (Å²) in [6, 6.07) is 0. The molecule has 1 fully saturated rings. The lowest BCUT2D eigenvalue weighted by molar-refractivity contribution is -0.0229. The molecule has 1 aliphatic heterocycles. The molecule has 0 saturated carbocycles. The first-order chi connectivity index (χ1) is 8.02. The van der Waals surface area contributed by atoms with Gasteiger partial charge in [0, 0.05) is 6.42 Å². The molecule has 0 radical (unpaired) electrons. The van der Waals surface area contributed by atoms with Crippen molar-refractivity contribution in [3.8, 4) is 0 Å². The van der Waals surface area contributed by atoms with Gasteiger partial charge in [0.05, 0.1) is 12.3 Å². The van der Waals surface area contributed by atoms with Crippen molar-refractivity contribution in [2.24, 2.45) is 0 Å². The molecule has 1 saturated heterocycles. The molecule has 0 spiro atoms. The Bertz CT molecular complexity index is 525. The molecule has 3 atom stereocenters. The number of aromatic nitrogens is 2. The van der Waals surface area contributed by atoms with E-state index in [4.69, 9.17) is 4.74 Å². The SMILES string of the molecule is CCC1CC(F)C(n2cc(F)c(=O)[nH]c2=O)O1. The number of hydrogen-bond donors (Lipinski definition) is 1. The van der Waals surface area contributed by atoms with E-state index >= 15 is 0 Å². The van der Waals surface area contributed by atoms with Crippen molar-refractivity contribution in [3.05, 3.63) is 32.9 Å². The van der Waals surface area contributed by atoms with Gasteiger partial charge in [0.2, 0.25) is 5.82 Å². The van der Waals surface area contributed by atoms with Crippen LogP contribution < -0.4 is 11.2 Å². The molecule has 0 amide bonds. The number of H-pyrrole nitrogens is 1. The van der Waals surface area contributed by atoms with Crippen LogP contribution in [0.4, 0.5) is 8.78 Å². The monoisotopic (exact) mass is 246 g/mol. The Balaban J connectivity index is 2.38. The summed E-state index contributed by atoms with van der Waals surface area (Å²) in [6.07, 6.45) is -1.40. The maximum absolute atomic E-state index is 13.6. The highest BCUT2D eigenvalue weighted by atomic mass is 19.1. The van der Waals surface area contributed by atoms with E-state index in [1.54, 1.807) is 4.98 Å². The lowest BCUT2D eigenvalue weighted by Crippen LogP contribution is -2.35. The first kappa shape index (κ1) is 12.0. The zero-order valence-electron chi connectivity index (χ0n) is 9.15. The number of halogens is 2. The zero-order valence-corrected chi connectivity index (χ0v) is 9.15. The van der Waals surface area contributed by atoms with Crippen molar-refractivity contribution in [1.29, 1.82) is 0 Å². The highest BCUT2D eigenvalue weighted by molar-refractivity contribution is 4.91. The Labute approximate surface area is 95.0 Å². The van der Waals surface area contributed by atoms with Gasteiger partial charge in [-0.3, -0.25) is 14.3 Å². The minimum absolute atomic E-state index is 0.161. The van der Waals surface area contributed by atoms with E-state index in [0.717, 1.165) is 4.57 Å². The normalized spacial score (nSPS) is 28.5. The average Bonchev–Trinajstić information content (AvgIpc) is 2.65. The van der Waals surface area contributed by atoms with Crippen molar-refractivity contribution in [3.63, 3.8) is 0 Å². The van der Waals surface area contributed by atoms with Gasteiger partial charge in [-0.1, -0.05) is 6.92 Å². The molecule has 7 heteroatoms. The smallest absolute Gasteiger partial charge is 0.330 e. The fourth-order valence-corrected chi connectivity index (χ4v) is 1.86. The summed E-state index contributed by atoms with van der Waals surface area (Å²) < 4.78 is 32.7. The van der Waals surface area contributed by atoms with Gasteiger partial charge < -0.3 is 4.74 Å². The van der Waals surface area contributed by atoms with Crippen molar-refractivity contribution >= 4 is 0 Å². The van der Waals surface area contributed by atoms with Crippen LogP contribution in [0.1, 0.15) is 26.0 Å². The van der Waals surface area contributed by atoms with Crippen LogP contribution in [0.2, 0.25) is 0 Å². The number of nitrogens with one attached hydrogen (secondary N) is 1. The van der Waals surface area contributed by atoms with Crippen molar-refractivity contribution in [2.75, 3.05) is 0 Å². The summed E-state index contributed by atoms with van der Waals surface area (Å²) in [5.41, 5.74) is -1.99. The third-order valence-electron chi connectivity index (χ3n) is 2.78. The highest BCUT2D eigenvalue weighted by Gasteiger charge is 2.36. The first-order valence-electron chi connectivity index (χ1n) is 5.33. The van der Waals surface area contributed by atoms with Gasteiger partial charge in [-0.05, 0) is 6.42 Å². The fraction of sp³-hybridized carbons (Fsp3) is 0.600. The maximum atomic E-state index is 13.6. The number of aromatic amines is 1. The quantitative estimate of drug-likeness (QED) is 0.835. The molecule has 1 aliphatic rings. The first-order valence-corrected chi connectivity index (χ1v) is 5.33. The molecule has 1 aromatic rings. The summed E-state index contributed by atoms with van der Waals surface area (Å²) in [5, 5.41) is 0. The Morgan fingerprint density at radius 1 is 1.59 bits per heavy atom. The van der Waals surface area contributed by atoms with Gasteiger partial charge in [0.15, 0.2) is 6.23 Å². The minimum Gasteiger partial charge on any atom is -0.351 e. The third kappa shape index (κ3) is 2.14. The van der Waals surface area contributed by atoms with Crippen LogP contribution >= 0.6 is 0 Å². The molecule has 17 heavy (non-hydrogen) atoms. The van der Waals surface area contributed by atoms with Gasteiger partial charge in [0.25, 0.3) is 5.56 Å². The van der Waals surface area contributed by atoms with Crippen LogP contribution in [0, 0.1) is 5.82 Å². The molecule has 1 aromatic heterocycles. The van der Waals surface area contributed by atoms with Gasteiger partial charge in [-0.2, -0.15) is 4.39 Å². The van der Waals surface area contributed by atoms with Crippen molar-refractivity contribution in [1.82, 2.24) is 9.55 Å². The maximum Gasteiger partial charge on any atom is 0.330 e. The molecule has 0 aromatic carbocycles. The number of hydrogen-bond acceptors (Lipinski definition) is 3. The van der Waals surface area contributed by atoms with Crippen LogP contribution in [0.25, 0.3) is 0 Å². The summed E-state index contributed by atoms with van der Waals surface area (Å²) in [5.74, 6) is -1.14. The van der Waals surface area contributed by atoms with E-state index in [2.05, 4.69) is 0 Å². The minimum atomic E-state index is -1.39. The van der Waals surface area contributed by atoms with E-state index in [1.807, 2.05) is 6.92 Å². The van der Waals surface area contributed by atoms with Crippen molar-refractivity contribution < 1.29 is 13.5 Å². The largest absolute Gasteiger partial charge is 0.351 e. The molecule has 2 rings (SSSR count). The van der Waals surface area contributed by atoms with Gasteiger partial charge in [-0.15, -0.1) is 0 Å². The molecule has 3 unspecified atom stereocenters. The molecule has 5 nitrogen and oxygen atoms in total. The second-order valence-electron chi connectivity index (χ2n) is 3.95. The summed E-state index contributed by atoms with van der Waals surface area (Å²) in [6.45, 7) is 1.83. The molecule has 94 valence electrons. The van der Waals surface area contributed by atoms with E-state index < -0.39 is 29.5 Å². The summed E-state index contributed by atoms with van der Waals surface area (Å²) >= 11 is 0. The molecule has 2 heterocycles. The van der Waals surface area contributed by atoms with Crippen molar-refractivity contribution in [2.45, 2.75) is 38.3 Å². The van der Waals surface area contributed by atoms with Gasteiger partial charge in [-0.25, -0.2) is 9.18 Å². The Kier molecular flexibility index (Phi) is 3.10. The van der Waals surface area contributed by atoms with Gasteiger partial charge in [0.1, 0.15) is 6.17 Å². The molecule has 1 N–H and O–H groups in total. The van der Waals surface area contributed by atoms with E-state index in [1.165, 1.54) is 0 Å². The van der Waals surface area contributed by atoms with Crippen LogP contribution in [0.3, 0.4) is 0 Å². The van der Waals surface area contributed by atoms with E-state index in [9.17, 15) is 18.4 Å². The van der Waals surface area contributed by atoms with E-state index in [0.29, 0.717) is 12.6 Å². The van der Waals surface area contributed by atoms with Crippen LogP contribution in [0.5, 0.6) is 0 Å². The molecule has 0 aliphatic carbocycles. The van der Waals surface area contributed by atoms with E-state index in [-0.39, 0.29) is 12.5 Å². The van der Waals surface area contributed by atoms with Crippen LogP contribution in [0.15, 0.2) is 15.8 Å². The summed E-state index contributed by atoms with van der Waals surface area (Å²) in [4.78, 5) is 24.0. The topological polar surface area (TPSA) is 64.1 Å². The molecule has 0 bridgehead atoms. The fourth-order valence-electron chi connectivity index (χ4n) is 1.86. The zero-order chi connectivity index (χ0) is 12.6. The lowest BCUT2D eigenvalue weighted by Gasteiger charge is -2.15. The number of nitrogens with zero attached hydrogens (tertiary/aromatic N) is 1. The lowest BCUT2D eigenvalue weighted by atomic mass is 10.2. The van der Waals surface area contributed by atoms with Crippen LogP contribution in [-0.4, -0.2) is 21.8 Å². The summed E-state index contributed by atoms with van der Waals surface area (Å²) in [7, 11) is 0. The molecular weight excluding hydrogens is 234 g/mol. The Morgan fingerprint density at radius 2 is 2.29 bits per heavy atom. The number of alkyl halides is 1.